The van der Waals surface area contributed by atoms with Crippen LogP contribution >= 0.6 is 0 Å². The van der Waals surface area contributed by atoms with E-state index in [1.807, 2.05) is 0 Å². The van der Waals surface area contributed by atoms with Crippen LogP contribution in [0.3, 0.4) is 0 Å². The van der Waals surface area contributed by atoms with E-state index in [4.69, 9.17) is 11.1 Å². The van der Waals surface area contributed by atoms with Gasteiger partial charge in [-0.25, -0.2) is 0 Å². The smallest absolute Gasteiger partial charge is 0.0905 e. The Labute approximate surface area is 75.4 Å². The van der Waals surface area contributed by atoms with Crippen LogP contribution < -0.4 is 5.73 Å². The normalized spacial score (nSPS) is 10.6. The number of hydrogen-bond acceptors (Lipinski definition) is 2. The van der Waals surface area contributed by atoms with E-state index in [1.165, 1.54) is 12.8 Å². The molecule has 72 valence electrons. The molecule has 0 radical (unpaired) electrons. The molecule has 0 aromatic rings. The number of rotatable bonds is 7. The van der Waals surface area contributed by atoms with Crippen LogP contribution in [0.2, 0.25) is 0 Å². The van der Waals surface area contributed by atoms with Gasteiger partial charge in [0.05, 0.1) is 5.84 Å². The van der Waals surface area contributed by atoms with E-state index >= 15 is 0 Å². The van der Waals surface area contributed by atoms with E-state index in [1.54, 1.807) is 0 Å². The largest absolute Gasteiger partial charge is 0.388 e. The lowest BCUT2D eigenvalue weighted by atomic mass is 10.2. The predicted octanol–water partition coefficient (Wildman–Crippen LogP) is 1.43. The number of nitrogens with zero attached hydrogens (tertiary/aromatic N) is 1. The van der Waals surface area contributed by atoms with Gasteiger partial charge < -0.3 is 10.6 Å². The lowest BCUT2D eigenvalue weighted by Gasteiger charge is -2.15. The molecule has 0 aromatic heterocycles. The maximum absolute atomic E-state index is 7.04. The van der Waals surface area contributed by atoms with E-state index in [0.717, 1.165) is 25.9 Å². The van der Waals surface area contributed by atoms with Crippen molar-refractivity contribution in [2.24, 2.45) is 5.73 Å². The third-order valence-corrected chi connectivity index (χ3v) is 1.88. The third-order valence-electron chi connectivity index (χ3n) is 1.88. The standard InChI is InChI=1S/C9H21N3/c1-3-4-7-12(2)8-5-6-9(10)11/h3-8H2,1-2H3,(H3,10,11). The summed E-state index contributed by atoms with van der Waals surface area (Å²) in [5.74, 6) is 0.305. The molecule has 3 heteroatoms. The van der Waals surface area contributed by atoms with E-state index in [-0.39, 0.29) is 0 Å². The van der Waals surface area contributed by atoms with Crippen molar-refractivity contribution in [1.82, 2.24) is 4.90 Å². The summed E-state index contributed by atoms with van der Waals surface area (Å²) in [4.78, 5) is 2.30. The van der Waals surface area contributed by atoms with Crippen LogP contribution in [0.4, 0.5) is 0 Å². The summed E-state index contributed by atoms with van der Waals surface area (Å²) in [6.07, 6.45) is 4.25. The van der Waals surface area contributed by atoms with Gasteiger partial charge in [-0.3, -0.25) is 5.41 Å². The second-order valence-corrected chi connectivity index (χ2v) is 3.29. The summed E-state index contributed by atoms with van der Waals surface area (Å²) >= 11 is 0. The molecule has 0 aromatic carbocycles. The highest BCUT2D eigenvalue weighted by Gasteiger charge is 1.97. The van der Waals surface area contributed by atoms with Crippen molar-refractivity contribution >= 4 is 5.84 Å². The fraction of sp³-hybridized carbons (Fsp3) is 0.889. The van der Waals surface area contributed by atoms with Gasteiger partial charge in [-0.2, -0.15) is 0 Å². The van der Waals surface area contributed by atoms with Crippen LogP contribution in [0.1, 0.15) is 32.6 Å². The molecule has 0 rings (SSSR count). The van der Waals surface area contributed by atoms with E-state index in [0.29, 0.717) is 5.84 Å². The topological polar surface area (TPSA) is 53.1 Å². The van der Waals surface area contributed by atoms with Gasteiger partial charge in [-0.1, -0.05) is 13.3 Å². The lowest BCUT2D eigenvalue weighted by molar-refractivity contribution is 0.325. The second-order valence-electron chi connectivity index (χ2n) is 3.29. The van der Waals surface area contributed by atoms with Gasteiger partial charge in [0.1, 0.15) is 0 Å². The summed E-state index contributed by atoms with van der Waals surface area (Å²) in [5, 5.41) is 7.04. The highest BCUT2D eigenvalue weighted by molar-refractivity contribution is 5.76. The maximum atomic E-state index is 7.04. The molecular weight excluding hydrogens is 150 g/mol. The first-order valence-electron chi connectivity index (χ1n) is 4.68. The molecule has 0 fully saturated rings. The SMILES string of the molecule is CCCCN(C)CCCC(=N)N. The molecule has 0 atom stereocenters. The Bertz CT molecular complexity index is 123. The number of hydrogen-bond donors (Lipinski definition) is 2. The molecule has 12 heavy (non-hydrogen) atoms. The molecular formula is C9H21N3. The van der Waals surface area contributed by atoms with Crippen molar-refractivity contribution in [2.75, 3.05) is 20.1 Å². The molecule has 0 saturated carbocycles. The third kappa shape index (κ3) is 7.54. The molecule has 0 bridgehead atoms. The average molecular weight is 171 g/mol. The summed E-state index contributed by atoms with van der Waals surface area (Å²) in [6, 6.07) is 0. The fourth-order valence-electron chi connectivity index (χ4n) is 1.08. The highest BCUT2D eigenvalue weighted by Crippen LogP contribution is 1.95. The van der Waals surface area contributed by atoms with Gasteiger partial charge in [-0.15, -0.1) is 0 Å². The molecule has 0 saturated heterocycles. The van der Waals surface area contributed by atoms with Crippen molar-refractivity contribution in [3.63, 3.8) is 0 Å². The van der Waals surface area contributed by atoms with Crippen LogP contribution in [-0.4, -0.2) is 30.9 Å². The second kappa shape index (κ2) is 7.10. The van der Waals surface area contributed by atoms with Crippen LogP contribution in [0.25, 0.3) is 0 Å². The quantitative estimate of drug-likeness (QED) is 0.450. The number of amidine groups is 1. The minimum atomic E-state index is 0.305. The maximum Gasteiger partial charge on any atom is 0.0905 e. The van der Waals surface area contributed by atoms with Crippen molar-refractivity contribution in [2.45, 2.75) is 32.6 Å². The zero-order chi connectivity index (χ0) is 9.40. The summed E-state index contributed by atoms with van der Waals surface area (Å²) in [5.41, 5.74) is 5.24. The van der Waals surface area contributed by atoms with E-state index in [2.05, 4.69) is 18.9 Å². The fourth-order valence-corrected chi connectivity index (χ4v) is 1.08. The van der Waals surface area contributed by atoms with Crippen molar-refractivity contribution in [3.05, 3.63) is 0 Å². The first kappa shape index (κ1) is 11.4. The Hall–Kier alpha value is -0.570. The Morgan fingerprint density at radius 2 is 1.92 bits per heavy atom. The zero-order valence-corrected chi connectivity index (χ0v) is 8.27. The molecule has 0 amide bonds. The van der Waals surface area contributed by atoms with Gasteiger partial charge in [0.2, 0.25) is 0 Å². The minimum Gasteiger partial charge on any atom is -0.388 e. The van der Waals surface area contributed by atoms with Gasteiger partial charge in [0.25, 0.3) is 0 Å². The van der Waals surface area contributed by atoms with E-state index < -0.39 is 0 Å². The van der Waals surface area contributed by atoms with Gasteiger partial charge in [0, 0.05) is 6.42 Å². The molecule has 0 spiro atoms. The number of unbranched alkanes of at least 4 members (excludes halogenated alkanes) is 1. The minimum absolute atomic E-state index is 0.305. The van der Waals surface area contributed by atoms with Gasteiger partial charge >= 0.3 is 0 Å². The molecule has 3 nitrogen and oxygen atoms in total. The Morgan fingerprint density at radius 1 is 1.33 bits per heavy atom. The first-order valence-corrected chi connectivity index (χ1v) is 4.68. The predicted molar refractivity (Wildman–Crippen MR) is 53.6 cm³/mol. The molecule has 0 heterocycles. The molecule has 0 aliphatic carbocycles. The summed E-state index contributed by atoms with van der Waals surface area (Å²) in [6.45, 7) is 4.41. The molecule has 0 unspecified atom stereocenters. The monoisotopic (exact) mass is 171 g/mol. The van der Waals surface area contributed by atoms with Crippen LogP contribution in [0, 0.1) is 5.41 Å². The molecule has 0 aliphatic heterocycles. The highest BCUT2D eigenvalue weighted by atomic mass is 15.1. The summed E-state index contributed by atoms with van der Waals surface area (Å²) < 4.78 is 0. The van der Waals surface area contributed by atoms with Gasteiger partial charge in [-0.05, 0) is 33.0 Å². The van der Waals surface area contributed by atoms with Crippen LogP contribution in [-0.2, 0) is 0 Å². The number of nitrogens with one attached hydrogen (secondary N) is 1. The Balaban J connectivity index is 3.19. The Morgan fingerprint density at radius 3 is 2.42 bits per heavy atom. The Kier molecular flexibility index (Phi) is 6.76. The van der Waals surface area contributed by atoms with Crippen LogP contribution in [0.5, 0.6) is 0 Å². The van der Waals surface area contributed by atoms with E-state index in [9.17, 15) is 0 Å². The first-order chi connectivity index (χ1) is 5.66. The van der Waals surface area contributed by atoms with Crippen molar-refractivity contribution in [1.29, 1.82) is 5.41 Å². The number of nitrogens with two attached hydrogens (primary N) is 1. The van der Waals surface area contributed by atoms with Crippen molar-refractivity contribution < 1.29 is 0 Å². The molecule has 3 N–H and O–H groups in total. The zero-order valence-electron chi connectivity index (χ0n) is 8.27. The lowest BCUT2D eigenvalue weighted by Crippen LogP contribution is -2.22. The van der Waals surface area contributed by atoms with Crippen LogP contribution in [0.15, 0.2) is 0 Å². The average Bonchev–Trinajstić information content (AvgIpc) is 2.00. The molecule has 0 aliphatic rings. The van der Waals surface area contributed by atoms with Crippen molar-refractivity contribution in [3.8, 4) is 0 Å². The van der Waals surface area contributed by atoms with Gasteiger partial charge in [0.15, 0.2) is 0 Å². The summed E-state index contributed by atoms with van der Waals surface area (Å²) in [7, 11) is 2.12.